The largest absolute Gasteiger partial charge is 0.245 e. The van der Waals surface area contributed by atoms with Crippen molar-refractivity contribution in [3.05, 3.63) is 35.3 Å². The third-order valence-electron chi connectivity index (χ3n) is 1.70. The van der Waals surface area contributed by atoms with Crippen LogP contribution in [0.5, 0.6) is 0 Å². The number of thiazole rings is 1. The van der Waals surface area contributed by atoms with Crippen molar-refractivity contribution in [3.8, 4) is 6.07 Å². The fourth-order valence-electron chi connectivity index (χ4n) is 1.11. The Balaban J connectivity index is 2.49. The molecule has 1 heterocycles. The molecule has 0 aliphatic heterocycles. The topological polar surface area (TPSA) is 36.7 Å². The van der Waals surface area contributed by atoms with Crippen molar-refractivity contribution in [2.45, 2.75) is 0 Å². The van der Waals surface area contributed by atoms with Crippen LogP contribution in [0.25, 0.3) is 16.3 Å². The fourth-order valence-corrected chi connectivity index (χ4v) is 1.77. The quantitative estimate of drug-likeness (QED) is 0.642. The zero-order valence-electron chi connectivity index (χ0n) is 6.77. The van der Waals surface area contributed by atoms with E-state index in [9.17, 15) is 0 Å². The normalized spacial score (nSPS) is 10.7. The predicted molar refractivity (Wildman–Crippen MR) is 54.3 cm³/mol. The van der Waals surface area contributed by atoms with Gasteiger partial charge in [0.15, 0.2) is 0 Å². The molecule has 0 spiro atoms. The van der Waals surface area contributed by atoms with Crippen molar-refractivity contribution in [3.63, 3.8) is 0 Å². The van der Waals surface area contributed by atoms with Gasteiger partial charge in [-0.15, -0.1) is 11.3 Å². The van der Waals surface area contributed by atoms with Gasteiger partial charge in [-0.1, -0.05) is 6.07 Å². The van der Waals surface area contributed by atoms with Crippen LogP contribution in [0.1, 0.15) is 5.56 Å². The van der Waals surface area contributed by atoms with Crippen LogP contribution in [0.15, 0.2) is 29.8 Å². The summed E-state index contributed by atoms with van der Waals surface area (Å²) in [6.07, 6.45) is 3.24. The van der Waals surface area contributed by atoms with E-state index in [0.29, 0.717) is 0 Å². The number of benzene rings is 1. The molecule has 3 heteroatoms. The van der Waals surface area contributed by atoms with E-state index in [-0.39, 0.29) is 0 Å². The summed E-state index contributed by atoms with van der Waals surface area (Å²) in [5, 5.41) is 8.35. The zero-order valence-corrected chi connectivity index (χ0v) is 7.58. The zero-order chi connectivity index (χ0) is 9.10. The maximum Gasteiger partial charge on any atom is 0.0912 e. The van der Waals surface area contributed by atoms with Gasteiger partial charge in [-0.05, 0) is 23.8 Å². The second-order valence-electron chi connectivity index (χ2n) is 2.54. The highest BCUT2D eigenvalue weighted by atomic mass is 32.1. The second-order valence-corrected chi connectivity index (χ2v) is 3.43. The Morgan fingerprint density at radius 1 is 1.46 bits per heavy atom. The number of nitriles is 1. The lowest BCUT2D eigenvalue weighted by Gasteiger charge is -1.90. The van der Waals surface area contributed by atoms with Crippen LogP contribution in [0, 0.1) is 11.3 Å². The van der Waals surface area contributed by atoms with Gasteiger partial charge >= 0.3 is 0 Å². The van der Waals surface area contributed by atoms with Crippen molar-refractivity contribution < 1.29 is 0 Å². The molecular formula is C10H6N2S. The molecule has 0 saturated heterocycles. The van der Waals surface area contributed by atoms with Crippen molar-refractivity contribution in [2.75, 3.05) is 0 Å². The maximum atomic E-state index is 8.35. The van der Waals surface area contributed by atoms with E-state index in [1.54, 1.807) is 17.4 Å². The van der Waals surface area contributed by atoms with Crippen LogP contribution in [-0.2, 0) is 0 Å². The number of aromatic nitrogens is 1. The molecule has 1 aromatic heterocycles. The molecule has 2 aromatic rings. The fraction of sp³-hybridized carbons (Fsp3) is 0. The van der Waals surface area contributed by atoms with Crippen LogP contribution in [0.2, 0.25) is 0 Å². The van der Waals surface area contributed by atoms with Gasteiger partial charge in [-0.25, -0.2) is 4.98 Å². The van der Waals surface area contributed by atoms with Crippen molar-refractivity contribution >= 4 is 27.6 Å². The molecule has 0 saturated carbocycles. The highest BCUT2D eigenvalue weighted by Crippen LogP contribution is 2.19. The molecule has 0 fully saturated rings. The summed E-state index contributed by atoms with van der Waals surface area (Å²) in [6, 6.07) is 7.93. The molecule has 2 nitrogen and oxygen atoms in total. The number of allylic oxidation sites excluding steroid dienone is 1. The summed E-state index contributed by atoms with van der Waals surface area (Å²) in [7, 11) is 0. The minimum absolute atomic E-state index is 0.991. The second kappa shape index (κ2) is 3.38. The van der Waals surface area contributed by atoms with E-state index in [1.165, 1.54) is 10.8 Å². The third-order valence-corrected chi connectivity index (χ3v) is 2.51. The Bertz CT molecular complexity index is 491. The van der Waals surface area contributed by atoms with E-state index in [0.717, 1.165) is 11.1 Å². The Morgan fingerprint density at radius 3 is 3.23 bits per heavy atom. The summed E-state index contributed by atoms with van der Waals surface area (Å²) < 4.78 is 1.18. The Hall–Kier alpha value is -1.66. The summed E-state index contributed by atoms with van der Waals surface area (Å²) >= 11 is 1.62. The number of hydrogen-bond donors (Lipinski definition) is 0. The van der Waals surface area contributed by atoms with Gasteiger partial charge in [0.2, 0.25) is 0 Å². The minimum atomic E-state index is 0.991. The highest BCUT2D eigenvalue weighted by molar-refractivity contribution is 7.16. The van der Waals surface area contributed by atoms with Gasteiger partial charge in [0.25, 0.3) is 0 Å². The van der Waals surface area contributed by atoms with Crippen molar-refractivity contribution in [1.82, 2.24) is 4.98 Å². The SMILES string of the molecule is N#CC=Cc1ccc2scnc2c1. The standard InChI is InChI=1S/C10H6N2S/c11-5-1-2-8-3-4-10-9(6-8)12-7-13-10/h1-4,6-7H. The Morgan fingerprint density at radius 2 is 2.38 bits per heavy atom. The summed E-state index contributed by atoms with van der Waals surface area (Å²) in [6.45, 7) is 0. The molecule has 0 radical (unpaired) electrons. The lowest BCUT2D eigenvalue weighted by atomic mass is 10.2. The lowest BCUT2D eigenvalue weighted by molar-refractivity contribution is 1.49. The molecular weight excluding hydrogens is 180 g/mol. The average molecular weight is 186 g/mol. The molecule has 0 amide bonds. The Labute approximate surface area is 79.8 Å². The first-order valence-electron chi connectivity index (χ1n) is 3.79. The van der Waals surface area contributed by atoms with E-state index >= 15 is 0 Å². The first kappa shape index (κ1) is 7.96. The summed E-state index contributed by atoms with van der Waals surface area (Å²) in [4.78, 5) is 4.19. The number of rotatable bonds is 1. The number of fused-ring (bicyclic) bond motifs is 1. The van der Waals surface area contributed by atoms with Gasteiger partial charge in [0, 0.05) is 6.08 Å². The molecule has 13 heavy (non-hydrogen) atoms. The first-order chi connectivity index (χ1) is 6.40. The third kappa shape index (κ3) is 1.58. The molecule has 2 rings (SSSR count). The van der Waals surface area contributed by atoms with E-state index < -0.39 is 0 Å². The van der Waals surface area contributed by atoms with Crippen molar-refractivity contribution in [2.24, 2.45) is 0 Å². The molecule has 0 aliphatic rings. The molecule has 0 unspecified atom stereocenters. The predicted octanol–water partition coefficient (Wildman–Crippen LogP) is 2.83. The average Bonchev–Trinajstić information content (AvgIpc) is 2.61. The van der Waals surface area contributed by atoms with Crippen LogP contribution >= 0.6 is 11.3 Å². The van der Waals surface area contributed by atoms with E-state index in [2.05, 4.69) is 4.98 Å². The smallest absolute Gasteiger partial charge is 0.0912 e. The molecule has 0 N–H and O–H groups in total. The van der Waals surface area contributed by atoms with Gasteiger partial charge in [0.05, 0.1) is 21.8 Å². The molecule has 0 aliphatic carbocycles. The number of nitrogens with zero attached hydrogens (tertiary/aromatic N) is 2. The number of hydrogen-bond acceptors (Lipinski definition) is 3. The van der Waals surface area contributed by atoms with Gasteiger partial charge in [-0.2, -0.15) is 5.26 Å². The van der Waals surface area contributed by atoms with E-state index in [4.69, 9.17) is 5.26 Å². The molecule has 1 aromatic carbocycles. The minimum Gasteiger partial charge on any atom is -0.245 e. The van der Waals surface area contributed by atoms with E-state index in [1.807, 2.05) is 29.8 Å². The summed E-state index contributed by atoms with van der Waals surface area (Å²) in [5.74, 6) is 0. The lowest BCUT2D eigenvalue weighted by Crippen LogP contribution is -1.71. The molecule has 62 valence electrons. The van der Waals surface area contributed by atoms with Crippen LogP contribution in [0.3, 0.4) is 0 Å². The van der Waals surface area contributed by atoms with Crippen LogP contribution in [-0.4, -0.2) is 4.98 Å². The molecule has 0 bridgehead atoms. The van der Waals surface area contributed by atoms with Crippen molar-refractivity contribution in [1.29, 1.82) is 5.26 Å². The summed E-state index contributed by atoms with van der Waals surface area (Å²) in [5.41, 5.74) is 3.83. The van der Waals surface area contributed by atoms with Gasteiger partial charge in [0.1, 0.15) is 0 Å². The van der Waals surface area contributed by atoms with Gasteiger partial charge < -0.3 is 0 Å². The van der Waals surface area contributed by atoms with Crippen LogP contribution < -0.4 is 0 Å². The first-order valence-corrected chi connectivity index (χ1v) is 4.67. The van der Waals surface area contributed by atoms with Crippen LogP contribution in [0.4, 0.5) is 0 Å². The van der Waals surface area contributed by atoms with Gasteiger partial charge in [-0.3, -0.25) is 0 Å². The Kier molecular flexibility index (Phi) is 2.07. The highest BCUT2D eigenvalue weighted by Gasteiger charge is 1.95. The monoisotopic (exact) mass is 186 g/mol. The molecule has 0 atom stereocenters. The maximum absolute atomic E-state index is 8.35.